The number of carbonyl (C=O) groups is 1. The van der Waals surface area contributed by atoms with Crippen molar-refractivity contribution in [1.82, 2.24) is 15.5 Å². The van der Waals surface area contributed by atoms with Crippen molar-refractivity contribution in [2.75, 3.05) is 59.2 Å². The summed E-state index contributed by atoms with van der Waals surface area (Å²) in [5, 5.41) is 6.46. The van der Waals surface area contributed by atoms with E-state index in [0.29, 0.717) is 18.9 Å². The Hall–Kier alpha value is -0.610. The molecule has 0 radical (unpaired) electrons. The number of likely N-dealkylation sites (tertiary alicyclic amines) is 1. The van der Waals surface area contributed by atoms with Gasteiger partial charge in [0.05, 0.1) is 13.2 Å². The van der Waals surface area contributed by atoms with Gasteiger partial charge >= 0.3 is 0 Å². The molecule has 2 aliphatic rings. The van der Waals surface area contributed by atoms with Gasteiger partial charge in [-0.15, -0.1) is 24.0 Å². The van der Waals surface area contributed by atoms with Crippen LogP contribution in [0.25, 0.3) is 0 Å². The van der Waals surface area contributed by atoms with Gasteiger partial charge in [-0.2, -0.15) is 0 Å². The van der Waals surface area contributed by atoms with Crippen molar-refractivity contribution in [2.24, 2.45) is 10.9 Å². The first-order chi connectivity index (χ1) is 12.3. The third-order valence-electron chi connectivity index (χ3n) is 4.53. The lowest BCUT2D eigenvalue weighted by atomic mass is 10.1. The molecule has 0 saturated carbocycles. The van der Waals surface area contributed by atoms with E-state index in [4.69, 9.17) is 9.47 Å². The molecular formula is C18H35IN4O3. The Balaban J connectivity index is 0.00000338. The highest BCUT2D eigenvalue weighted by Crippen LogP contribution is 2.12. The highest BCUT2D eigenvalue weighted by Gasteiger charge is 2.17. The highest BCUT2D eigenvalue weighted by atomic mass is 127. The molecule has 2 fully saturated rings. The van der Waals surface area contributed by atoms with Gasteiger partial charge in [-0.25, -0.2) is 0 Å². The number of ether oxygens (including phenoxy) is 2. The average Bonchev–Trinajstić information content (AvgIpc) is 3.31. The maximum atomic E-state index is 12.0. The first-order valence-electron chi connectivity index (χ1n) is 9.75. The van der Waals surface area contributed by atoms with Gasteiger partial charge in [0, 0.05) is 58.3 Å². The van der Waals surface area contributed by atoms with Crippen molar-refractivity contribution in [2.45, 2.75) is 39.0 Å². The second kappa shape index (κ2) is 14.4. The Morgan fingerprint density at radius 2 is 2.12 bits per heavy atom. The van der Waals surface area contributed by atoms with Gasteiger partial charge < -0.3 is 25.0 Å². The summed E-state index contributed by atoms with van der Waals surface area (Å²) in [5.41, 5.74) is 0. The molecule has 26 heavy (non-hydrogen) atoms. The molecule has 2 saturated heterocycles. The fourth-order valence-corrected chi connectivity index (χ4v) is 3.08. The topological polar surface area (TPSA) is 75.2 Å². The van der Waals surface area contributed by atoms with Gasteiger partial charge in [0.15, 0.2) is 5.96 Å². The van der Waals surface area contributed by atoms with Gasteiger partial charge in [0.25, 0.3) is 0 Å². The summed E-state index contributed by atoms with van der Waals surface area (Å²) < 4.78 is 11.0. The molecule has 0 aromatic carbocycles. The maximum absolute atomic E-state index is 12.0. The first-order valence-corrected chi connectivity index (χ1v) is 9.75. The van der Waals surface area contributed by atoms with Crippen LogP contribution >= 0.6 is 24.0 Å². The Morgan fingerprint density at radius 3 is 2.81 bits per heavy atom. The van der Waals surface area contributed by atoms with Gasteiger partial charge in [-0.3, -0.25) is 9.79 Å². The lowest BCUT2D eigenvalue weighted by Crippen LogP contribution is -2.39. The highest BCUT2D eigenvalue weighted by molar-refractivity contribution is 14.0. The van der Waals surface area contributed by atoms with Crippen LogP contribution in [0.2, 0.25) is 0 Å². The van der Waals surface area contributed by atoms with Gasteiger partial charge in [0.1, 0.15) is 0 Å². The van der Waals surface area contributed by atoms with Crippen molar-refractivity contribution >= 4 is 35.8 Å². The van der Waals surface area contributed by atoms with E-state index in [0.717, 1.165) is 84.2 Å². The molecule has 8 heteroatoms. The van der Waals surface area contributed by atoms with E-state index >= 15 is 0 Å². The molecule has 0 spiro atoms. The number of carbonyl (C=O) groups excluding carboxylic acids is 1. The van der Waals surface area contributed by atoms with Crippen molar-refractivity contribution in [3.63, 3.8) is 0 Å². The van der Waals surface area contributed by atoms with Gasteiger partial charge in [0.2, 0.25) is 5.91 Å². The summed E-state index contributed by atoms with van der Waals surface area (Å²) in [7, 11) is 0. The Bertz CT molecular complexity index is 411. The van der Waals surface area contributed by atoms with E-state index in [1.807, 2.05) is 11.8 Å². The predicted molar refractivity (Wildman–Crippen MR) is 114 cm³/mol. The number of rotatable bonds is 10. The zero-order valence-electron chi connectivity index (χ0n) is 16.0. The standard InChI is InChI=1S/C18H34N4O3.HI/c1-2-19-18(21-9-6-17(23)22-10-3-4-11-22)20-8-5-12-24-14-16-7-13-25-15-16;/h16H,2-15H2,1H3,(H2,19,20,21);1H. The molecule has 7 nitrogen and oxygen atoms in total. The monoisotopic (exact) mass is 482 g/mol. The summed E-state index contributed by atoms with van der Waals surface area (Å²) in [6.45, 7) is 9.26. The Kier molecular flexibility index (Phi) is 13.0. The van der Waals surface area contributed by atoms with E-state index < -0.39 is 0 Å². The van der Waals surface area contributed by atoms with Crippen LogP contribution < -0.4 is 10.6 Å². The number of aliphatic imine (C=N–C) groups is 1. The number of halogens is 1. The van der Waals surface area contributed by atoms with Crippen molar-refractivity contribution < 1.29 is 14.3 Å². The lowest BCUT2D eigenvalue weighted by molar-refractivity contribution is -0.129. The van der Waals surface area contributed by atoms with Crippen LogP contribution in [-0.4, -0.2) is 75.9 Å². The summed E-state index contributed by atoms with van der Waals surface area (Å²) >= 11 is 0. The van der Waals surface area contributed by atoms with Crippen LogP contribution in [0, 0.1) is 5.92 Å². The van der Waals surface area contributed by atoms with E-state index in [1.54, 1.807) is 0 Å². The summed E-state index contributed by atoms with van der Waals surface area (Å²) in [4.78, 5) is 18.5. The molecule has 2 N–H and O–H groups in total. The molecule has 0 aromatic heterocycles. The fraction of sp³-hybridized carbons (Fsp3) is 0.889. The zero-order valence-corrected chi connectivity index (χ0v) is 18.3. The maximum Gasteiger partial charge on any atom is 0.224 e. The SMILES string of the molecule is CCNC(=NCCCOCC1CCOC1)NCCC(=O)N1CCCC1.I. The fourth-order valence-electron chi connectivity index (χ4n) is 3.08. The predicted octanol–water partition coefficient (Wildman–Crippen LogP) is 1.62. The molecule has 152 valence electrons. The van der Waals surface area contributed by atoms with Crippen LogP contribution in [0.15, 0.2) is 4.99 Å². The molecule has 2 aliphatic heterocycles. The minimum absolute atomic E-state index is 0. The van der Waals surface area contributed by atoms with E-state index in [2.05, 4.69) is 15.6 Å². The number of guanidine groups is 1. The molecule has 1 unspecified atom stereocenters. The summed E-state index contributed by atoms with van der Waals surface area (Å²) in [5.74, 6) is 1.58. The third kappa shape index (κ3) is 9.36. The van der Waals surface area contributed by atoms with Gasteiger partial charge in [-0.05, 0) is 32.6 Å². The normalized spacial score (nSPS) is 20.1. The van der Waals surface area contributed by atoms with Crippen molar-refractivity contribution in [3.05, 3.63) is 0 Å². The number of nitrogens with one attached hydrogen (secondary N) is 2. The van der Waals surface area contributed by atoms with Crippen LogP contribution in [0.1, 0.15) is 39.0 Å². The number of amides is 1. The minimum Gasteiger partial charge on any atom is -0.381 e. The largest absolute Gasteiger partial charge is 0.381 e. The Labute approximate surface area is 174 Å². The van der Waals surface area contributed by atoms with E-state index in [-0.39, 0.29) is 29.9 Å². The van der Waals surface area contributed by atoms with Crippen molar-refractivity contribution in [1.29, 1.82) is 0 Å². The smallest absolute Gasteiger partial charge is 0.224 e. The van der Waals surface area contributed by atoms with Crippen molar-refractivity contribution in [3.8, 4) is 0 Å². The quantitative estimate of drug-likeness (QED) is 0.214. The number of hydrogen-bond acceptors (Lipinski definition) is 4. The second-order valence-corrected chi connectivity index (χ2v) is 6.68. The van der Waals surface area contributed by atoms with E-state index in [1.165, 1.54) is 0 Å². The van der Waals surface area contributed by atoms with Crippen LogP contribution in [0.5, 0.6) is 0 Å². The van der Waals surface area contributed by atoms with Gasteiger partial charge in [-0.1, -0.05) is 0 Å². The Morgan fingerprint density at radius 1 is 1.31 bits per heavy atom. The lowest BCUT2D eigenvalue weighted by Gasteiger charge is -2.16. The molecular weight excluding hydrogens is 447 g/mol. The molecule has 1 atom stereocenters. The minimum atomic E-state index is 0. The molecule has 0 aliphatic carbocycles. The van der Waals surface area contributed by atoms with Crippen LogP contribution in [0.4, 0.5) is 0 Å². The molecule has 2 heterocycles. The van der Waals surface area contributed by atoms with Crippen LogP contribution in [0.3, 0.4) is 0 Å². The van der Waals surface area contributed by atoms with Crippen LogP contribution in [-0.2, 0) is 14.3 Å². The number of hydrogen-bond donors (Lipinski definition) is 2. The molecule has 0 bridgehead atoms. The molecule has 0 aromatic rings. The summed E-state index contributed by atoms with van der Waals surface area (Å²) in [6.07, 6.45) is 4.81. The number of nitrogens with zero attached hydrogens (tertiary/aromatic N) is 2. The second-order valence-electron chi connectivity index (χ2n) is 6.68. The molecule has 1 amide bonds. The van der Waals surface area contributed by atoms with E-state index in [9.17, 15) is 4.79 Å². The zero-order chi connectivity index (χ0) is 17.7. The summed E-state index contributed by atoms with van der Waals surface area (Å²) in [6, 6.07) is 0. The first kappa shape index (κ1) is 23.4. The average molecular weight is 482 g/mol. The molecule has 2 rings (SSSR count). The third-order valence-corrected chi connectivity index (χ3v) is 4.53.